The average molecular weight is 695 g/mol. The maximum atomic E-state index is 13.9. The largest absolute Gasteiger partial charge is 0.449 e. The van der Waals surface area contributed by atoms with Crippen LogP contribution in [0.4, 0.5) is 51.6 Å². The van der Waals surface area contributed by atoms with Gasteiger partial charge in [0.05, 0.1) is 44.7 Å². The molecule has 14 heteroatoms. The topological polar surface area (TPSA) is 182 Å². The number of H-pyrrole nitrogens is 3. The minimum absolute atomic E-state index is 0.230. The normalized spacial score (nSPS) is 11.5. The molecule has 0 bridgehead atoms. The number of esters is 1. The number of nitrogens with one attached hydrogen (secondary N) is 12. The summed E-state index contributed by atoms with van der Waals surface area (Å²) in [7, 11) is 17.1. The molecule has 0 unspecified atom stereocenters. The Morgan fingerprint density at radius 2 is 0.843 bits per heavy atom. The molecule has 6 aromatic rings. The standard InChI is InChI=1S/C37H50N12O2/c1-18(50)51-37(29-27-21(39-3)12-15-24(42-6)32(27)48-35(29)45-9,30-28-22(40-4)13-16-25(43-7)33(28)49-36(30)46-10)17-19-26-20(38-2)11-14-23(41-5)31(26)47-34(19)44-8/h11-16,38-49H,17H2,1-10H3. The van der Waals surface area contributed by atoms with Crippen LogP contribution in [0, 0.1) is 0 Å². The van der Waals surface area contributed by atoms with Gasteiger partial charge in [-0.3, -0.25) is 4.79 Å². The second-order valence-corrected chi connectivity index (χ2v) is 12.3. The molecule has 0 saturated heterocycles. The predicted octanol–water partition coefficient (Wildman–Crippen LogP) is 6.56. The number of carbonyl (C=O) groups excluding carboxylic acids is 1. The van der Waals surface area contributed by atoms with Crippen molar-refractivity contribution in [3.63, 3.8) is 0 Å². The first kappa shape index (κ1) is 34.8. The van der Waals surface area contributed by atoms with Crippen LogP contribution in [0.15, 0.2) is 36.4 Å². The molecule has 12 N–H and O–H groups in total. The lowest BCUT2D eigenvalue weighted by atomic mass is 9.78. The molecule has 0 fully saturated rings. The van der Waals surface area contributed by atoms with Gasteiger partial charge in [0.25, 0.3) is 0 Å². The molecule has 0 atom stereocenters. The van der Waals surface area contributed by atoms with Crippen LogP contribution in [0.5, 0.6) is 0 Å². The monoisotopic (exact) mass is 694 g/mol. The van der Waals surface area contributed by atoms with Gasteiger partial charge >= 0.3 is 5.97 Å². The van der Waals surface area contributed by atoms with E-state index in [4.69, 9.17) is 4.74 Å². The minimum Gasteiger partial charge on any atom is -0.449 e. The number of ether oxygens (including phenoxy) is 1. The van der Waals surface area contributed by atoms with Gasteiger partial charge in [0.1, 0.15) is 17.5 Å². The number of aromatic amines is 3. The molecule has 0 aliphatic carbocycles. The van der Waals surface area contributed by atoms with Crippen molar-refractivity contribution < 1.29 is 9.53 Å². The van der Waals surface area contributed by atoms with Gasteiger partial charge in [-0.2, -0.15) is 0 Å². The van der Waals surface area contributed by atoms with E-state index in [0.717, 1.165) is 89.3 Å². The third kappa shape index (κ3) is 5.29. The van der Waals surface area contributed by atoms with Crippen LogP contribution in [-0.2, 0) is 21.6 Å². The second kappa shape index (κ2) is 13.7. The molecule has 0 aliphatic rings. The lowest BCUT2D eigenvalue weighted by Crippen LogP contribution is -2.37. The summed E-state index contributed by atoms with van der Waals surface area (Å²) in [6, 6.07) is 12.2. The summed E-state index contributed by atoms with van der Waals surface area (Å²) in [5, 5.41) is 33.3. The fourth-order valence-electron chi connectivity index (χ4n) is 7.74. The van der Waals surface area contributed by atoms with Crippen LogP contribution in [-0.4, -0.2) is 84.4 Å². The van der Waals surface area contributed by atoms with Crippen molar-refractivity contribution in [2.75, 3.05) is 111 Å². The van der Waals surface area contributed by atoms with Crippen LogP contribution in [0.2, 0.25) is 0 Å². The van der Waals surface area contributed by atoms with E-state index in [9.17, 15) is 4.79 Å². The zero-order valence-corrected chi connectivity index (χ0v) is 31.0. The molecule has 270 valence electrons. The number of rotatable bonds is 14. The first-order chi connectivity index (χ1) is 24.7. The highest BCUT2D eigenvalue weighted by molar-refractivity contribution is 6.11. The molecule has 3 aromatic carbocycles. The Kier molecular flexibility index (Phi) is 9.34. The third-order valence-corrected chi connectivity index (χ3v) is 9.89. The van der Waals surface area contributed by atoms with Crippen LogP contribution in [0.1, 0.15) is 23.6 Å². The van der Waals surface area contributed by atoms with Gasteiger partial charge in [0.2, 0.25) is 0 Å². The van der Waals surface area contributed by atoms with Crippen molar-refractivity contribution in [3.05, 3.63) is 53.1 Å². The molecule has 3 heterocycles. The molecule has 51 heavy (non-hydrogen) atoms. The molecule has 14 nitrogen and oxygen atoms in total. The number of anilines is 9. The van der Waals surface area contributed by atoms with E-state index >= 15 is 0 Å². The molecular weight excluding hydrogens is 644 g/mol. The minimum atomic E-state index is -1.46. The number of hydrogen-bond acceptors (Lipinski definition) is 11. The molecule has 0 saturated carbocycles. The van der Waals surface area contributed by atoms with Crippen molar-refractivity contribution in [1.82, 2.24) is 15.0 Å². The van der Waals surface area contributed by atoms with Crippen molar-refractivity contribution in [1.29, 1.82) is 0 Å². The maximum Gasteiger partial charge on any atom is 0.303 e. The SMILES string of the molecule is CNc1[nH]c2c(NC)ccc(NC)c2c1CC(OC(C)=O)(c1c(NC)[nH]c2c(NC)ccc(NC)c12)c1c(NC)[nH]c2c(NC)ccc(NC)c12. The summed E-state index contributed by atoms with van der Waals surface area (Å²) >= 11 is 0. The molecular formula is C37H50N12O2. The predicted molar refractivity (Wildman–Crippen MR) is 217 cm³/mol. The Labute approximate surface area is 297 Å². The lowest BCUT2D eigenvalue weighted by molar-refractivity contribution is -0.153. The van der Waals surface area contributed by atoms with Crippen molar-refractivity contribution in [2.45, 2.75) is 18.9 Å². The van der Waals surface area contributed by atoms with Crippen LogP contribution in [0.3, 0.4) is 0 Å². The second-order valence-electron chi connectivity index (χ2n) is 12.3. The summed E-state index contributed by atoms with van der Waals surface area (Å²) in [5.74, 6) is 1.76. The Bertz CT molecular complexity index is 2150. The van der Waals surface area contributed by atoms with Gasteiger partial charge in [-0.25, -0.2) is 0 Å². The summed E-state index contributed by atoms with van der Waals surface area (Å²) < 4.78 is 6.99. The first-order valence-electron chi connectivity index (χ1n) is 17.1. The Balaban J connectivity index is 1.91. The van der Waals surface area contributed by atoms with Crippen molar-refractivity contribution in [2.24, 2.45) is 0 Å². The highest BCUT2D eigenvalue weighted by atomic mass is 16.6. The van der Waals surface area contributed by atoms with Crippen LogP contribution >= 0.6 is 0 Å². The van der Waals surface area contributed by atoms with E-state index in [1.807, 2.05) is 93.8 Å². The van der Waals surface area contributed by atoms with E-state index in [1.54, 1.807) is 0 Å². The van der Waals surface area contributed by atoms with E-state index in [0.29, 0.717) is 11.6 Å². The fraction of sp³-hybridized carbons (Fsp3) is 0.324. The van der Waals surface area contributed by atoms with Crippen LogP contribution in [0.25, 0.3) is 32.7 Å². The maximum absolute atomic E-state index is 13.9. The summed E-state index contributed by atoms with van der Waals surface area (Å²) in [5.41, 5.74) is 9.00. The zero-order valence-electron chi connectivity index (χ0n) is 31.0. The van der Waals surface area contributed by atoms with Gasteiger partial charge in [-0.15, -0.1) is 0 Å². The number of carbonyl (C=O) groups is 1. The number of hydrogen-bond donors (Lipinski definition) is 12. The Morgan fingerprint density at radius 3 is 1.20 bits per heavy atom. The smallest absolute Gasteiger partial charge is 0.303 e. The Morgan fingerprint density at radius 1 is 0.510 bits per heavy atom. The number of aromatic nitrogens is 3. The molecule has 3 aromatic heterocycles. The molecule has 0 radical (unpaired) electrons. The zero-order chi connectivity index (χ0) is 36.6. The highest BCUT2D eigenvalue weighted by Gasteiger charge is 2.48. The number of benzene rings is 3. The highest BCUT2D eigenvalue weighted by Crippen LogP contribution is 2.55. The Hall–Kier alpha value is -6.05. The summed E-state index contributed by atoms with van der Waals surface area (Å²) in [4.78, 5) is 24.8. The molecule has 6 rings (SSSR count). The molecule has 0 amide bonds. The quantitative estimate of drug-likeness (QED) is 0.0556. The average Bonchev–Trinajstić information content (AvgIpc) is 3.85. The molecule has 0 aliphatic heterocycles. The summed E-state index contributed by atoms with van der Waals surface area (Å²) in [6.45, 7) is 1.47. The summed E-state index contributed by atoms with van der Waals surface area (Å²) in [6.07, 6.45) is 0.230. The van der Waals surface area contributed by atoms with E-state index in [2.05, 4.69) is 68.9 Å². The van der Waals surface area contributed by atoms with Gasteiger partial charge < -0.3 is 67.5 Å². The van der Waals surface area contributed by atoms with Gasteiger partial charge in [-0.1, -0.05) is 0 Å². The first-order valence-corrected chi connectivity index (χ1v) is 17.1. The fourth-order valence-corrected chi connectivity index (χ4v) is 7.74. The molecule has 0 spiro atoms. The lowest BCUT2D eigenvalue weighted by Gasteiger charge is -2.36. The van der Waals surface area contributed by atoms with Crippen molar-refractivity contribution >= 4 is 90.3 Å². The van der Waals surface area contributed by atoms with Crippen molar-refractivity contribution in [3.8, 4) is 0 Å². The van der Waals surface area contributed by atoms with E-state index in [-0.39, 0.29) is 6.42 Å². The number of fused-ring (bicyclic) bond motifs is 3. The van der Waals surface area contributed by atoms with E-state index < -0.39 is 11.6 Å². The van der Waals surface area contributed by atoms with Gasteiger partial charge in [-0.05, 0) is 36.4 Å². The van der Waals surface area contributed by atoms with E-state index in [1.165, 1.54) is 6.92 Å². The van der Waals surface area contributed by atoms with Crippen LogP contribution < -0.4 is 47.9 Å². The van der Waals surface area contributed by atoms with Gasteiger partial charge in [0, 0.05) is 116 Å². The third-order valence-electron chi connectivity index (χ3n) is 9.89. The van der Waals surface area contributed by atoms with Gasteiger partial charge in [0.15, 0.2) is 5.60 Å².